The molecule has 18 heavy (non-hydrogen) atoms. The lowest BCUT2D eigenvalue weighted by molar-refractivity contribution is 0.615. The fraction of sp³-hybridized carbons (Fsp3) is 0.429. The van der Waals surface area contributed by atoms with E-state index in [1.54, 1.807) is 0 Å². The number of aromatic amines is 1. The zero-order chi connectivity index (χ0) is 12.7. The van der Waals surface area contributed by atoms with Crippen molar-refractivity contribution in [2.24, 2.45) is 0 Å². The van der Waals surface area contributed by atoms with Crippen LogP contribution in [-0.4, -0.2) is 23.1 Å². The molecule has 3 heterocycles. The molecule has 4 nitrogen and oxygen atoms in total. The Labute approximate surface area is 106 Å². The molecule has 0 spiro atoms. The summed E-state index contributed by atoms with van der Waals surface area (Å²) in [5.41, 5.74) is 3.58. The van der Waals surface area contributed by atoms with Crippen LogP contribution in [0, 0.1) is 0 Å². The number of nitrogens with zero attached hydrogens (tertiary/aromatic N) is 2. The van der Waals surface area contributed by atoms with Crippen LogP contribution in [0.1, 0.15) is 31.7 Å². The Kier molecular flexibility index (Phi) is 2.58. The van der Waals surface area contributed by atoms with Gasteiger partial charge in [0.15, 0.2) is 0 Å². The second-order valence-electron chi connectivity index (χ2n) is 5.18. The topological polar surface area (TPSA) is 49.0 Å². The minimum absolute atomic E-state index is 0.00935. The molecule has 1 fully saturated rings. The molecule has 0 aromatic carbocycles. The summed E-state index contributed by atoms with van der Waals surface area (Å²) in [7, 11) is 0. The normalized spacial score (nSPS) is 15.2. The molecule has 0 aliphatic carbocycles. The molecule has 0 amide bonds. The van der Waals surface area contributed by atoms with Gasteiger partial charge in [0.25, 0.3) is 5.56 Å². The molecular formula is C14H17N3O. The lowest BCUT2D eigenvalue weighted by Crippen LogP contribution is -2.40. The molecule has 3 rings (SSSR count). The standard InChI is InChI=1S/C14H17N3O/c1-9(2)10-6-12-11(15-8-10)7-13(14(18)16-12)17-4-3-5-17/h6-9H,3-5H2,1-2H3,(H,16,18). The zero-order valence-electron chi connectivity index (χ0n) is 10.7. The van der Waals surface area contributed by atoms with Gasteiger partial charge in [0.2, 0.25) is 0 Å². The van der Waals surface area contributed by atoms with Crippen molar-refractivity contribution >= 4 is 16.7 Å². The fourth-order valence-electron chi connectivity index (χ4n) is 2.20. The molecule has 2 aromatic heterocycles. The van der Waals surface area contributed by atoms with E-state index in [1.165, 1.54) is 0 Å². The van der Waals surface area contributed by atoms with Gasteiger partial charge in [-0.15, -0.1) is 0 Å². The van der Waals surface area contributed by atoms with Crippen LogP contribution in [0.25, 0.3) is 11.0 Å². The van der Waals surface area contributed by atoms with E-state index in [2.05, 4.69) is 28.7 Å². The highest BCUT2D eigenvalue weighted by Crippen LogP contribution is 2.21. The van der Waals surface area contributed by atoms with Crippen LogP contribution < -0.4 is 10.5 Å². The maximum absolute atomic E-state index is 12.0. The predicted molar refractivity (Wildman–Crippen MR) is 73.3 cm³/mol. The summed E-state index contributed by atoms with van der Waals surface area (Å²) >= 11 is 0. The van der Waals surface area contributed by atoms with E-state index < -0.39 is 0 Å². The minimum atomic E-state index is -0.00935. The van der Waals surface area contributed by atoms with Gasteiger partial charge in [-0.3, -0.25) is 9.78 Å². The van der Waals surface area contributed by atoms with Gasteiger partial charge in [0.05, 0.1) is 11.0 Å². The first-order chi connectivity index (χ1) is 8.65. The Hall–Kier alpha value is -1.84. The first kappa shape index (κ1) is 11.3. The second-order valence-corrected chi connectivity index (χ2v) is 5.18. The van der Waals surface area contributed by atoms with Crippen LogP contribution in [0.2, 0.25) is 0 Å². The van der Waals surface area contributed by atoms with Gasteiger partial charge in [-0.1, -0.05) is 13.8 Å². The number of aromatic nitrogens is 2. The SMILES string of the molecule is CC(C)c1cnc2cc(N3CCC3)c(=O)[nH]c2c1. The van der Waals surface area contributed by atoms with Crippen LogP contribution in [-0.2, 0) is 0 Å². The molecule has 0 bridgehead atoms. The van der Waals surface area contributed by atoms with Gasteiger partial charge in [0, 0.05) is 19.3 Å². The third kappa shape index (κ3) is 1.78. The minimum Gasteiger partial charge on any atom is -0.367 e. The second kappa shape index (κ2) is 4.12. The number of pyridine rings is 2. The molecule has 0 unspecified atom stereocenters. The van der Waals surface area contributed by atoms with Crippen LogP contribution in [0.3, 0.4) is 0 Å². The van der Waals surface area contributed by atoms with Crippen molar-refractivity contribution in [1.29, 1.82) is 0 Å². The predicted octanol–water partition coefficient (Wildman–Crippen LogP) is 2.26. The molecular weight excluding hydrogens is 226 g/mol. The summed E-state index contributed by atoms with van der Waals surface area (Å²) in [5, 5.41) is 0. The molecule has 1 aliphatic heterocycles. The number of hydrogen-bond acceptors (Lipinski definition) is 3. The number of hydrogen-bond donors (Lipinski definition) is 1. The lowest BCUT2D eigenvalue weighted by Gasteiger charge is -2.32. The van der Waals surface area contributed by atoms with Crippen LogP contribution in [0.15, 0.2) is 23.1 Å². The van der Waals surface area contributed by atoms with Crippen molar-refractivity contribution in [3.05, 3.63) is 34.2 Å². The Morgan fingerprint density at radius 3 is 2.72 bits per heavy atom. The molecule has 0 saturated carbocycles. The Bertz CT molecular complexity index is 641. The third-order valence-electron chi connectivity index (χ3n) is 3.56. The van der Waals surface area contributed by atoms with Crippen molar-refractivity contribution < 1.29 is 0 Å². The Morgan fingerprint density at radius 2 is 2.11 bits per heavy atom. The average Bonchev–Trinajstić information content (AvgIpc) is 2.27. The highest BCUT2D eigenvalue weighted by atomic mass is 16.1. The van der Waals surface area contributed by atoms with Crippen molar-refractivity contribution in [1.82, 2.24) is 9.97 Å². The van der Waals surface area contributed by atoms with Gasteiger partial charge in [-0.05, 0) is 30.0 Å². The summed E-state index contributed by atoms with van der Waals surface area (Å²) < 4.78 is 0. The summed E-state index contributed by atoms with van der Waals surface area (Å²) in [6.07, 6.45) is 3.06. The highest BCUT2D eigenvalue weighted by Gasteiger charge is 2.18. The molecule has 1 saturated heterocycles. The first-order valence-corrected chi connectivity index (χ1v) is 6.43. The van der Waals surface area contributed by atoms with Gasteiger partial charge in [0.1, 0.15) is 5.69 Å². The maximum Gasteiger partial charge on any atom is 0.272 e. The third-order valence-corrected chi connectivity index (χ3v) is 3.56. The molecule has 4 heteroatoms. The van der Waals surface area contributed by atoms with Crippen LogP contribution in [0.4, 0.5) is 5.69 Å². The summed E-state index contributed by atoms with van der Waals surface area (Å²) in [5.74, 6) is 0.417. The molecule has 94 valence electrons. The van der Waals surface area contributed by atoms with E-state index in [9.17, 15) is 4.79 Å². The molecule has 0 radical (unpaired) electrons. The number of fused-ring (bicyclic) bond motifs is 1. The molecule has 1 N–H and O–H groups in total. The van der Waals surface area contributed by atoms with Crippen LogP contribution >= 0.6 is 0 Å². The van der Waals surface area contributed by atoms with Gasteiger partial charge < -0.3 is 9.88 Å². The Morgan fingerprint density at radius 1 is 1.33 bits per heavy atom. The number of nitrogens with one attached hydrogen (secondary N) is 1. The first-order valence-electron chi connectivity index (χ1n) is 6.43. The fourth-order valence-corrected chi connectivity index (χ4v) is 2.20. The highest BCUT2D eigenvalue weighted by molar-refractivity contribution is 5.78. The van der Waals surface area contributed by atoms with Crippen molar-refractivity contribution in [2.45, 2.75) is 26.2 Å². The van der Waals surface area contributed by atoms with Crippen molar-refractivity contribution in [3.63, 3.8) is 0 Å². The number of H-pyrrole nitrogens is 1. The average molecular weight is 243 g/mol. The largest absolute Gasteiger partial charge is 0.367 e. The summed E-state index contributed by atoms with van der Waals surface area (Å²) in [6.45, 7) is 6.18. The summed E-state index contributed by atoms with van der Waals surface area (Å²) in [4.78, 5) is 21.5. The van der Waals surface area contributed by atoms with Crippen molar-refractivity contribution in [2.75, 3.05) is 18.0 Å². The van der Waals surface area contributed by atoms with Gasteiger partial charge >= 0.3 is 0 Å². The van der Waals surface area contributed by atoms with Gasteiger partial charge in [-0.25, -0.2) is 0 Å². The van der Waals surface area contributed by atoms with E-state index in [1.807, 2.05) is 18.3 Å². The van der Waals surface area contributed by atoms with E-state index in [4.69, 9.17) is 0 Å². The molecule has 2 aromatic rings. The lowest BCUT2D eigenvalue weighted by atomic mass is 10.1. The molecule has 1 aliphatic rings. The van der Waals surface area contributed by atoms with E-state index in [0.29, 0.717) is 5.92 Å². The zero-order valence-corrected chi connectivity index (χ0v) is 10.7. The smallest absolute Gasteiger partial charge is 0.272 e. The van der Waals surface area contributed by atoms with Gasteiger partial charge in [-0.2, -0.15) is 0 Å². The van der Waals surface area contributed by atoms with Crippen LogP contribution in [0.5, 0.6) is 0 Å². The van der Waals surface area contributed by atoms with E-state index >= 15 is 0 Å². The Balaban J connectivity index is 2.13. The quantitative estimate of drug-likeness (QED) is 0.880. The number of rotatable bonds is 2. The maximum atomic E-state index is 12.0. The monoisotopic (exact) mass is 243 g/mol. The van der Waals surface area contributed by atoms with E-state index in [0.717, 1.165) is 41.8 Å². The number of anilines is 1. The summed E-state index contributed by atoms with van der Waals surface area (Å²) in [6, 6.07) is 3.92. The van der Waals surface area contributed by atoms with E-state index in [-0.39, 0.29) is 5.56 Å². The molecule has 0 atom stereocenters. The van der Waals surface area contributed by atoms with Crippen molar-refractivity contribution in [3.8, 4) is 0 Å².